The van der Waals surface area contributed by atoms with Crippen LogP contribution < -0.4 is 0 Å². The van der Waals surface area contributed by atoms with E-state index in [0.29, 0.717) is 0 Å². The van der Waals surface area contributed by atoms with Crippen LogP contribution in [0.4, 0.5) is 0 Å². The van der Waals surface area contributed by atoms with Gasteiger partial charge in [0.1, 0.15) is 0 Å². The fraction of sp³-hybridized carbons (Fsp3) is 1.00. The third-order valence-electron chi connectivity index (χ3n) is 0. The fourth-order valence-electron chi connectivity index (χ4n) is 0. The maximum absolute atomic E-state index is 4.08. The molecule has 0 saturated carbocycles. The molecule has 0 heterocycles. The zero-order valence-electron chi connectivity index (χ0n) is 4.93. The van der Waals surface area contributed by atoms with Crippen molar-refractivity contribution >= 4 is 37.9 Å². The third kappa shape index (κ3) is 88.2. The van der Waals surface area contributed by atoms with Crippen molar-refractivity contribution in [2.45, 2.75) is 0 Å². The van der Waals surface area contributed by atoms with Crippen LogP contribution in [0.3, 0.4) is 0 Å². The van der Waals surface area contributed by atoms with E-state index < -0.39 is 0 Å². The number of hydrogen-bond acceptors (Lipinski definition) is 3. The molecule has 0 atom stereocenters. The first-order valence-corrected chi connectivity index (χ1v) is 3.67. The second kappa shape index (κ2) is 122. The van der Waals surface area contributed by atoms with Crippen molar-refractivity contribution in [3.63, 3.8) is 0 Å². The van der Waals surface area contributed by atoms with Crippen LogP contribution >= 0.6 is 0 Å². The molecule has 0 spiro atoms. The van der Waals surface area contributed by atoms with Crippen LogP contribution in [0.2, 0.25) is 0 Å². The summed E-state index contributed by atoms with van der Waals surface area (Å²) in [5.74, 6) is 0. The summed E-state index contributed by atoms with van der Waals surface area (Å²) in [6.45, 7) is 0. The van der Waals surface area contributed by atoms with Crippen LogP contribution in [0.5, 0.6) is 0 Å². The number of hydrogen-bond donors (Lipinski definition) is 0. The van der Waals surface area contributed by atoms with Gasteiger partial charge in [-0.15, -0.1) is 0 Å². The summed E-state index contributed by atoms with van der Waals surface area (Å²) in [5.41, 5.74) is 0. The smallest absolute Gasteiger partial charge is 0.796 e. The Labute approximate surface area is 75.8 Å². The Hall–Kier alpha value is 1.67. The van der Waals surface area contributed by atoms with Gasteiger partial charge in [0.2, 0.25) is 0 Å². The summed E-state index contributed by atoms with van der Waals surface area (Å²) in [4.78, 5) is 0. The topological polar surface area (TPSA) is 0 Å². The normalized spacial score (nSPS) is 2.57. The van der Waals surface area contributed by atoms with Gasteiger partial charge < -0.3 is 37.9 Å². The van der Waals surface area contributed by atoms with Crippen molar-refractivity contribution in [3.8, 4) is 0 Å². The summed E-state index contributed by atoms with van der Waals surface area (Å²) in [7, 11) is 0. The molecule has 0 aliphatic heterocycles. The first kappa shape index (κ1) is 23.4. The Balaban J connectivity index is -0.00000000900. The molecule has 0 nitrogen and oxygen atoms in total. The van der Waals surface area contributed by atoms with Crippen molar-refractivity contribution in [2.24, 2.45) is 0 Å². The Morgan fingerprint density at radius 2 is 0.571 bits per heavy atom. The molecular weight excluding hydrogens is 198 g/mol. The van der Waals surface area contributed by atoms with Crippen molar-refractivity contribution < 1.29 is 19.5 Å². The molecule has 42 valence electrons. The molecule has 4 heteroatoms. The maximum Gasteiger partial charge on any atom is 2.00 e. The van der Waals surface area contributed by atoms with Gasteiger partial charge in [0.05, 0.1) is 0 Å². The molecule has 0 unspecified atom stereocenters. The second-order valence-electron chi connectivity index (χ2n) is 0. The van der Waals surface area contributed by atoms with Crippen molar-refractivity contribution in [3.05, 3.63) is 0 Å². The summed E-state index contributed by atoms with van der Waals surface area (Å²) in [6.07, 6.45) is 4.75. The molecule has 0 aromatic heterocycles. The van der Waals surface area contributed by atoms with Gasteiger partial charge in [0.15, 0.2) is 0 Å². The molecule has 0 aromatic carbocycles. The molecule has 0 amide bonds. The first-order valence-electron chi connectivity index (χ1n) is 1.22. The van der Waals surface area contributed by atoms with Gasteiger partial charge >= 0.3 is 19.5 Å². The quantitative estimate of drug-likeness (QED) is 0.418. The summed E-state index contributed by atoms with van der Waals surface area (Å²) < 4.78 is 0. The fourth-order valence-corrected chi connectivity index (χ4v) is 0. The molecule has 0 rings (SSSR count). The SMILES string of the molecule is C[S-].C[S-].C[S-].[Zn+2]. The zero-order chi connectivity index (χ0) is 6.00. The molecule has 0 aliphatic carbocycles. The minimum Gasteiger partial charge on any atom is -0.796 e. The van der Waals surface area contributed by atoms with Crippen molar-refractivity contribution in [1.82, 2.24) is 0 Å². The van der Waals surface area contributed by atoms with Gasteiger partial charge in [0, 0.05) is 0 Å². The van der Waals surface area contributed by atoms with E-state index in [0.717, 1.165) is 0 Å². The Morgan fingerprint density at radius 3 is 0.571 bits per heavy atom. The van der Waals surface area contributed by atoms with Gasteiger partial charge in [-0.25, -0.2) is 0 Å². The van der Waals surface area contributed by atoms with E-state index in [1.165, 1.54) is 0 Å². The Bertz CT molecular complexity index is 10.1. The summed E-state index contributed by atoms with van der Waals surface area (Å²) in [5, 5.41) is 0. The average Bonchev–Trinajstić information content (AvgIpc) is 1.81. The largest absolute Gasteiger partial charge is 2.00 e. The maximum atomic E-state index is 4.08. The van der Waals surface area contributed by atoms with Gasteiger partial charge in [0.25, 0.3) is 0 Å². The summed E-state index contributed by atoms with van der Waals surface area (Å²) >= 11 is 12.2. The van der Waals surface area contributed by atoms with Gasteiger partial charge in [-0.05, 0) is 0 Å². The van der Waals surface area contributed by atoms with Gasteiger partial charge in [-0.3, -0.25) is 0 Å². The monoisotopic (exact) mass is 205 g/mol. The Morgan fingerprint density at radius 1 is 0.571 bits per heavy atom. The van der Waals surface area contributed by atoms with E-state index >= 15 is 0 Å². The molecule has 0 bridgehead atoms. The zero-order valence-corrected chi connectivity index (χ0v) is 10.3. The molecule has 0 saturated heterocycles. The van der Waals surface area contributed by atoms with Crippen LogP contribution in [0.1, 0.15) is 0 Å². The third-order valence-corrected chi connectivity index (χ3v) is 0. The van der Waals surface area contributed by atoms with Crippen LogP contribution in [-0.4, -0.2) is 18.8 Å². The number of rotatable bonds is 0. The minimum absolute atomic E-state index is 0. The first-order chi connectivity index (χ1) is 3.00. The van der Waals surface area contributed by atoms with Gasteiger partial charge in [-0.2, -0.15) is 18.8 Å². The predicted molar refractivity (Wildman–Crippen MR) is 39.9 cm³/mol. The standard InChI is InChI=1S/3CH4S.Zn/c3*1-2;/h3*2H,1H3;/q;;;+2/p-3. The van der Waals surface area contributed by atoms with Crippen LogP contribution in [0, 0.1) is 0 Å². The molecular formula is C3H9S3Zn-. The molecule has 7 heavy (non-hydrogen) atoms. The van der Waals surface area contributed by atoms with E-state index in [1.807, 2.05) is 0 Å². The van der Waals surface area contributed by atoms with E-state index in [4.69, 9.17) is 0 Å². The predicted octanol–water partition coefficient (Wildman–Crippen LogP) is 0.487. The van der Waals surface area contributed by atoms with E-state index in [2.05, 4.69) is 37.9 Å². The molecule has 0 radical (unpaired) electrons. The molecule has 0 aliphatic rings. The second-order valence-corrected chi connectivity index (χ2v) is 0. The van der Waals surface area contributed by atoms with Crippen molar-refractivity contribution in [1.29, 1.82) is 0 Å². The van der Waals surface area contributed by atoms with Crippen LogP contribution in [0.25, 0.3) is 0 Å². The van der Waals surface area contributed by atoms with Crippen LogP contribution in [0.15, 0.2) is 0 Å². The summed E-state index contributed by atoms with van der Waals surface area (Å²) in [6, 6.07) is 0. The molecule has 0 N–H and O–H groups in total. The van der Waals surface area contributed by atoms with Crippen LogP contribution in [-0.2, 0) is 57.4 Å². The van der Waals surface area contributed by atoms with Crippen molar-refractivity contribution in [2.75, 3.05) is 18.8 Å². The van der Waals surface area contributed by atoms with E-state index in [9.17, 15) is 0 Å². The minimum atomic E-state index is 0. The Kier molecular flexibility index (Phi) is 408. The van der Waals surface area contributed by atoms with E-state index in [1.54, 1.807) is 18.8 Å². The van der Waals surface area contributed by atoms with Gasteiger partial charge in [-0.1, -0.05) is 0 Å². The molecule has 0 aromatic rings. The molecule has 0 fully saturated rings. The average molecular weight is 207 g/mol. The van der Waals surface area contributed by atoms with E-state index in [-0.39, 0.29) is 19.5 Å².